The van der Waals surface area contributed by atoms with E-state index >= 15 is 0 Å². The van der Waals surface area contributed by atoms with Crippen molar-refractivity contribution in [3.8, 4) is 0 Å². The van der Waals surface area contributed by atoms with Crippen LogP contribution in [0.4, 0.5) is 0 Å². The van der Waals surface area contributed by atoms with E-state index in [2.05, 4.69) is 28.7 Å². The maximum atomic E-state index is 9.97. The number of aliphatic hydroxyl groups excluding tert-OH is 1. The monoisotopic (exact) mass is 247 g/mol. The van der Waals surface area contributed by atoms with Crippen LogP contribution in [0.2, 0.25) is 0 Å². The summed E-state index contributed by atoms with van der Waals surface area (Å²) >= 11 is 0. The summed E-state index contributed by atoms with van der Waals surface area (Å²) in [6, 6.07) is 5.97. The molecule has 0 amide bonds. The number of rotatable bonds is 4. The van der Waals surface area contributed by atoms with Gasteiger partial charge in [-0.3, -0.25) is 0 Å². The van der Waals surface area contributed by atoms with E-state index in [-0.39, 0.29) is 0 Å². The number of aliphatic hydroxyl groups is 1. The molecule has 4 heteroatoms. The fourth-order valence-corrected chi connectivity index (χ4v) is 2.27. The summed E-state index contributed by atoms with van der Waals surface area (Å²) in [6.45, 7) is 4.82. The van der Waals surface area contributed by atoms with Crippen molar-refractivity contribution in [1.29, 1.82) is 0 Å². The van der Waals surface area contributed by atoms with Crippen LogP contribution in [0.25, 0.3) is 11.0 Å². The molecule has 1 unspecified atom stereocenters. The lowest BCUT2D eigenvalue weighted by molar-refractivity contribution is 0.178. The first-order valence-corrected chi connectivity index (χ1v) is 6.33. The van der Waals surface area contributed by atoms with Gasteiger partial charge in [-0.25, -0.2) is 4.98 Å². The fourth-order valence-electron chi connectivity index (χ4n) is 2.27. The molecular formula is C14H21N3O. The molecule has 98 valence electrons. The highest BCUT2D eigenvalue weighted by Crippen LogP contribution is 2.23. The number of nitrogens with one attached hydrogen (secondary N) is 1. The van der Waals surface area contributed by atoms with Gasteiger partial charge in [-0.2, -0.15) is 0 Å². The van der Waals surface area contributed by atoms with Gasteiger partial charge in [-0.15, -0.1) is 0 Å². The molecule has 2 rings (SSSR count). The largest absolute Gasteiger partial charge is 0.387 e. The molecule has 0 spiro atoms. The minimum atomic E-state index is -0.482. The average Bonchev–Trinajstić information content (AvgIpc) is 2.67. The third-order valence-corrected chi connectivity index (χ3v) is 3.24. The minimum absolute atomic E-state index is 0.396. The Morgan fingerprint density at radius 2 is 2.11 bits per heavy atom. The van der Waals surface area contributed by atoms with Crippen LogP contribution in [0.5, 0.6) is 0 Å². The summed E-state index contributed by atoms with van der Waals surface area (Å²) in [5, 5.41) is 12.9. The lowest BCUT2D eigenvalue weighted by Crippen LogP contribution is -2.16. The zero-order valence-electron chi connectivity index (χ0n) is 11.4. The van der Waals surface area contributed by atoms with E-state index < -0.39 is 6.10 Å². The highest BCUT2D eigenvalue weighted by molar-refractivity contribution is 5.77. The van der Waals surface area contributed by atoms with E-state index in [4.69, 9.17) is 0 Å². The smallest absolute Gasteiger partial charge is 0.112 e. The topological polar surface area (TPSA) is 50.1 Å². The maximum absolute atomic E-state index is 9.97. The fraction of sp³-hybridized carbons (Fsp3) is 0.500. The summed E-state index contributed by atoms with van der Waals surface area (Å²) in [5.74, 6) is 1.47. The van der Waals surface area contributed by atoms with Gasteiger partial charge in [0, 0.05) is 19.5 Å². The second kappa shape index (κ2) is 5.08. The molecule has 18 heavy (non-hydrogen) atoms. The van der Waals surface area contributed by atoms with Crippen LogP contribution in [0.15, 0.2) is 18.2 Å². The summed E-state index contributed by atoms with van der Waals surface area (Å²) in [7, 11) is 3.87. The molecule has 1 aromatic carbocycles. The third kappa shape index (κ3) is 2.26. The predicted octanol–water partition coefficient (Wildman–Crippen LogP) is 1.95. The Hall–Kier alpha value is -1.39. The first-order chi connectivity index (χ1) is 8.54. The summed E-state index contributed by atoms with van der Waals surface area (Å²) < 4.78 is 2.12. The van der Waals surface area contributed by atoms with Crippen LogP contribution in [0.1, 0.15) is 37.3 Å². The summed E-state index contributed by atoms with van der Waals surface area (Å²) in [6.07, 6.45) is -0.482. The number of hydrogen-bond donors (Lipinski definition) is 2. The van der Waals surface area contributed by atoms with Crippen molar-refractivity contribution < 1.29 is 5.11 Å². The van der Waals surface area contributed by atoms with Crippen molar-refractivity contribution in [2.75, 3.05) is 13.6 Å². The molecule has 1 heterocycles. The van der Waals surface area contributed by atoms with Crippen LogP contribution in [0.3, 0.4) is 0 Å². The van der Waals surface area contributed by atoms with E-state index in [9.17, 15) is 5.11 Å². The van der Waals surface area contributed by atoms with Gasteiger partial charge in [-0.1, -0.05) is 19.9 Å². The standard InChI is InChI=1S/C14H21N3O/c1-9(2)14-16-11-7-10(13(18)8-15-3)5-6-12(11)17(14)4/h5-7,9,13,15,18H,8H2,1-4H3. The number of benzene rings is 1. The average molecular weight is 247 g/mol. The van der Waals surface area contributed by atoms with Gasteiger partial charge in [0.05, 0.1) is 17.1 Å². The number of aryl methyl sites for hydroxylation is 1. The van der Waals surface area contributed by atoms with Crippen LogP contribution < -0.4 is 5.32 Å². The predicted molar refractivity (Wildman–Crippen MR) is 73.7 cm³/mol. The molecule has 0 saturated carbocycles. The molecule has 0 radical (unpaired) electrons. The first kappa shape index (κ1) is 13.1. The number of hydrogen-bond acceptors (Lipinski definition) is 3. The summed E-state index contributed by atoms with van der Waals surface area (Å²) in [4.78, 5) is 4.65. The number of aromatic nitrogens is 2. The second-order valence-corrected chi connectivity index (χ2v) is 5.01. The minimum Gasteiger partial charge on any atom is -0.387 e. The van der Waals surface area contributed by atoms with Crippen LogP contribution in [-0.4, -0.2) is 28.3 Å². The molecule has 1 atom stereocenters. The van der Waals surface area contributed by atoms with Crippen molar-refractivity contribution in [3.63, 3.8) is 0 Å². The van der Waals surface area contributed by atoms with Crippen LogP contribution in [0, 0.1) is 0 Å². The van der Waals surface area contributed by atoms with E-state index in [1.807, 2.05) is 32.3 Å². The molecule has 0 aliphatic rings. The van der Waals surface area contributed by atoms with Crippen LogP contribution in [-0.2, 0) is 7.05 Å². The van der Waals surface area contributed by atoms with Crippen molar-refractivity contribution in [2.45, 2.75) is 25.9 Å². The SMILES string of the molecule is CNCC(O)c1ccc2c(c1)nc(C(C)C)n2C. The summed E-state index contributed by atoms with van der Waals surface area (Å²) in [5.41, 5.74) is 2.97. The number of imidazole rings is 1. The molecule has 2 N–H and O–H groups in total. The Bertz CT molecular complexity index is 545. The van der Waals surface area contributed by atoms with Gasteiger partial charge in [0.15, 0.2) is 0 Å². The van der Waals surface area contributed by atoms with Crippen LogP contribution >= 0.6 is 0 Å². The van der Waals surface area contributed by atoms with Crippen molar-refractivity contribution in [2.24, 2.45) is 7.05 Å². The first-order valence-electron chi connectivity index (χ1n) is 6.33. The van der Waals surface area contributed by atoms with Gasteiger partial charge in [0.1, 0.15) is 5.82 Å². The van der Waals surface area contributed by atoms with E-state index in [1.165, 1.54) is 0 Å². The molecule has 0 aliphatic heterocycles. The maximum Gasteiger partial charge on any atom is 0.112 e. The molecule has 0 saturated heterocycles. The molecular weight excluding hydrogens is 226 g/mol. The Kier molecular flexibility index (Phi) is 3.68. The normalized spacial score (nSPS) is 13.4. The molecule has 1 aromatic heterocycles. The van der Waals surface area contributed by atoms with Crippen molar-refractivity contribution >= 4 is 11.0 Å². The molecule has 0 fully saturated rings. The van der Waals surface area contributed by atoms with E-state index in [0.29, 0.717) is 12.5 Å². The van der Waals surface area contributed by atoms with Crippen molar-refractivity contribution in [1.82, 2.24) is 14.9 Å². The Balaban J connectivity index is 2.46. The lowest BCUT2D eigenvalue weighted by atomic mass is 10.1. The molecule has 2 aromatic rings. The molecule has 0 aliphatic carbocycles. The lowest BCUT2D eigenvalue weighted by Gasteiger charge is -2.10. The zero-order chi connectivity index (χ0) is 13.3. The Morgan fingerprint density at radius 1 is 1.39 bits per heavy atom. The Labute approximate surface area is 108 Å². The van der Waals surface area contributed by atoms with Gasteiger partial charge in [0.25, 0.3) is 0 Å². The third-order valence-electron chi connectivity index (χ3n) is 3.24. The van der Waals surface area contributed by atoms with Gasteiger partial charge < -0.3 is 15.0 Å². The second-order valence-electron chi connectivity index (χ2n) is 5.01. The highest BCUT2D eigenvalue weighted by atomic mass is 16.3. The quantitative estimate of drug-likeness (QED) is 0.868. The van der Waals surface area contributed by atoms with Gasteiger partial charge >= 0.3 is 0 Å². The van der Waals surface area contributed by atoms with E-state index in [0.717, 1.165) is 22.4 Å². The molecule has 0 bridgehead atoms. The van der Waals surface area contributed by atoms with Gasteiger partial charge in [-0.05, 0) is 24.7 Å². The van der Waals surface area contributed by atoms with Crippen molar-refractivity contribution in [3.05, 3.63) is 29.6 Å². The van der Waals surface area contributed by atoms with Gasteiger partial charge in [0.2, 0.25) is 0 Å². The zero-order valence-corrected chi connectivity index (χ0v) is 11.4. The Morgan fingerprint density at radius 3 is 2.72 bits per heavy atom. The number of likely N-dealkylation sites (N-methyl/N-ethyl adjacent to an activating group) is 1. The molecule has 4 nitrogen and oxygen atoms in total. The van der Waals surface area contributed by atoms with E-state index in [1.54, 1.807) is 0 Å². The number of nitrogens with zero attached hydrogens (tertiary/aromatic N) is 2. The highest BCUT2D eigenvalue weighted by Gasteiger charge is 2.13. The number of fused-ring (bicyclic) bond motifs is 1.